The van der Waals surface area contributed by atoms with Crippen LogP contribution in [0.4, 0.5) is 0 Å². The second-order valence-electron chi connectivity index (χ2n) is 9.72. The average Bonchev–Trinajstić information content (AvgIpc) is 3.42. The van der Waals surface area contributed by atoms with Crippen molar-refractivity contribution in [3.8, 4) is 5.75 Å². The summed E-state index contributed by atoms with van der Waals surface area (Å²) in [5.74, 6) is 1.36. The van der Waals surface area contributed by atoms with Crippen molar-refractivity contribution < 1.29 is 14.3 Å². The summed E-state index contributed by atoms with van der Waals surface area (Å²) in [5, 5.41) is 0. The van der Waals surface area contributed by atoms with Gasteiger partial charge in [0.25, 0.3) is 0 Å². The van der Waals surface area contributed by atoms with E-state index in [0.717, 1.165) is 31.4 Å². The maximum Gasteiger partial charge on any atom is 0.141 e. The van der Waals surface area contributed by atoms with E-state index >= 15 is 0 Å². The van der Waals surface area contributed by atoms with E-state index in [2.05, 4.69) is 31.2 Å². The van der Waals surface area contributed by atoms with Crippen LogP contribution in [-0.2, 0) is 15.0 Å². The summed E-state index contributed by atoms with van der Waals surface area (Å²) in [5.41, 5.74) is 0.670. The minimum atomic E-state index is -0.343. The predicted octanol–water partition coefficient (Wildman–Crippen LogP) is 4.10. The Kier molecular flexibility index (Phi) is 2.82. The third-order valence-electron chi connectivity index (χ3n) is 9.18. The maximum atomic E-state index is 13.6. The number of carbonyl (C=O) groups is 2. The van der Waals surface area contributed by atoms with Crippen molar-refractivity contribution in [2.45, 2.75) is 44.4 Å². The monoisotopic (exact) mass is 362 g/mol. The van der Waals surface area contributed by atoms with Crippen molar-refractivity contribution in [1.29, 1.82) is 0 Å². The van der Waals surface area contributed by atoms with Crippen LogP contribution in [0.25, 0.3) is 0 Å². The van der Waals surface area contributed by atoms with Gasteiger partial charge in [-0.15, -0.1) is 0 Å². The quantitative estimate of drug-likeness (QED) is 0.744. The summed E-state index contributed by atoms with van der Waals surface area (Å²) in [4.78, 5) is 27.0. The van der Waals surface area contributed by atoms with Gasteiger partial charge in [0, 0.05) is 34.5 Å². The number of benzene rings is 1. The SMILES string of the molecule is COc1ccc([C@@]23C=C[C@@]4(CCCC[C@@]42C)[C@H]2C(=O)[C@@H]4C[C@@H]4C(=O)[C@H]23)cc1. The van der Waals surface area contributed by atoms with Gasteiger partial charge in [0.1, 0.15) is 17.3 Å². The van der Waals surface area contributed by atoms with Gasteiger partial charge in [-0.1, -0.05) is 44.1 Å². The molecule has 4 fully saturated rings. The van der Waals surface area contributed by atoms with E-state index in [9.17, 15) is 9.59 Å². The van der Waals surface area contributed by atoms with Gasteiger partial charge in [-0.3, -0.25) is 9.59 Å². The van der Waals surface area contributed by atoms with Crippen molar-refractivity contribution in [3.63, 3.8) is 0 Å². The topological polar surface area (TPSA) is 43.4 Å². The number of hydrogen-bond donors (Lipinski definition) is 0. The highest BCUT2D eigenvalue weighted by Crippen LogP contribution is 2.80. The number of Topliss-reactive ketones (excluding diaryl/α,β-unsaturated/α-hetero) is 2. The lowest BCUT2D eigenvalue weighted by molar-refractivity contribution is -0.141. The molecule has 3 heteroatoms. The van der Waals surface area contributed by atoms with Gasteiger partial charge in [-0.25, -0.2) is 0 Å². The minimum Gasteiger partial charge on any atom is -0.497 e. The summed E-state index contributed by atoms with van der Waals surface area (Å²) >= 11 is 0. The molecule has 0 heterocycles. The van der Waals surface area contributed by atoms with Crippen molar-refractivity contribution in [3.05, 3.63) is 42.0 Å². The zero-order chi connectivity index (χ0) is 18.6. The molecule has 4 saturated carbocycles. The Morgan fingerprint density at radius 3 is 2.30 bits per heavy atom. The molecule has 27 heavy (non-hydrogen) atoms. The van der Waals surface area contributed by atoms with E-state index in [0.29, 0.717) is 11.6 Å². The fourth-order valence-corrected chi connectivity index (χ4v) is 7.89. The van der Waals surface area contributed by atoms with E-state index in [1.165, 1.54) is 12.0 Å². The van der Waals surface area contributed by atoms with Crippen LogP contribution in [0.2, 0.25) is 0 Å². The molecule has 0 spiro atoms. The van der Waals surface area contributed by atoms with Gasteiger partial charge in [0.15, 0.2) is 0 Å². The summed E-state index contributed by atoms with van der Waals surface area (Å²) < 4.78 is 5.37. The smallest absolute Gasteiger partial charge is 0.141 e. The Bertz CT molecular complexity index is 899. The van der Waals surface area contributed by atoms with Crippen LogP contribution in [0.3, 0.4) is 0 Å². The molecule has 2 bridgehead atoms. The molecule has 0 radical (unpaired) electrons. The lowest BCUT2D eigenvalue weighted by Crippen LogP contribution is -2.48. The first-order valence-electron chi connectivity index (χ1n) is 10.4. The van der Waals surface area contributed by atoms with Crippen LogP contribution in [-0.4, -0.2) is 18.7 Å². The van der Waals surface area contributed by atoms with Crippen molar-refractivity contribution >= 4 is 11.6 Å². The van der Waals surface area contributed by atoms with Crippen molar-refractivity contribution in [2.75, 3.05) is 7.11 Å². The number of ketones is 2. The molecule has 1 aromatic carbocycles. The Balaban J connectivity index is 1.62. The Morgan fingerprint density at radius 2 is 1.59 bits per heavy atom. The van der Waals surface area contributed by atoms with Crippen LogP contribution in [0.1, 0.15) is 44.6 Å². The summed E-state index contributed by atoms with van der Waals surface area (Å²) in [6.45, 7) is 2.38. The second-order valence-corrected chi connectivity index (χ2v) is 9.72. The normalized spacial score (nSPS) is 48.8. The van der Waals surface area contributed by atoms with E-state index in [-0.39, 0.29) is 39.9 Å². The first-order valence-corrected chi connectivity index (χ1v) is 10.4. The molecule has 1 aromatic rings. The van der Waals surface area contributed by atoms with E-state index in [1.807, 2.05) is 12.1 Å². The Morgan fingerprint density at radius 1 is 0.926 bits per heavy atom. The molecule has 0 aliphatic heterocycles. The molecule has 0 aromatic heterocycles. The average molecular weight is 362 g/mol. The molecule has 140 valence electrons. The number of allylic oxidation sites excluding steroid dienone is 2. The van der Waals surface area contributed by atoms with Crippen LogP contribution < -0.4 is 4.74 Å². The number of hydrogen-bond acceptors (Lipinski definition) is 3. The summed E-state index contributed by atoms with van der Waals surface area (Å²) in [7, 11) is 1.68. The van der Waals surface area contributed by atoms with Gasteiger partial charge in [0.2, 0.25) is 0 Å². The molecule has 0 saturated heterocycles. The standard InChI is InChI=1S/C24H26O3/c1-22-9-3-4-10-23(22)11-12-24(22,14-5-7-15(27-2)8-6-14)19-18(23)20(25)16-13-17(16)21(19)26/h5-8,11-12,16-19H,3-4,9-10,13H2,1-2H3/t16-,17+,18-,19+,22+,23+,24-/m1/s1. The first kappa shape index (κ1) is 16.1. The van der Waals surface area contributed by atoms with Gasteiger partial charge in [-0.05, 0) is 42.4 Å². The molecule has 0 N–H and O–H groups in total. The Hall–Kier alpha value is -1.90. The highest BCUT2D eigenvalue weighted by Gasteiger charge is 2.81. The zero-order valence-electron chi connectivity index (χ0n) is 16.0. The van der Waals surface area contributed by atoms with E-state index in [4.69, 9.17) is 4.74 Å². The molecule has 7 atom stereocenters. The molecule has 5 aliphatic carbocycles. The van der Waals surface area contributed by atoms with Crippen LogP contribution >= 0.6 is 0 Å². The summed E-state index contributed by atoms with van der Waals surface area (Å²) in [6.07, 6.45) is 10.0. The van der Waals surface area contributed by atoms with Gasteiger partial charge < -0.3 is 4.74 Å². The molecule has 0 amide bonds. The van der Waals surface area contributed by atoms with Gasteiger partial charge in [0.05, 0.1) is 7.11 Å². The molecule has 6 rings (SSSR count). The minimum absolute atomic E-state index is 0.00340. The van der Waals surface area contributed by atoms with E-state index in [1.54, 1.807) is 7.11 Å². The fourth-order valence-electron chi connectivity index (χ4n) is 7.89. The Labute approximate surface area is 160 Å². The van der Waals surface area contributed by atoms with Gasteiger partial charge >= 0.3 is 0 Å². The number of rotatable bonds is 2. The largest absolute Gasteiger partial charge is 0.497 e. The fraction of sp³-hybridized carbons (Fsp3) is 0.583. The lowest BCUT2D eigenvalue weighted by Gasteiger charge is -2.50. The highest BCUT2D eigenvalue weighted by atomic mass is 16.5. The third-order valence-corrected chi connectivity index (χ3v) is 9.18. The lowest BCUT2D eigenvalue weighted by atomic mass is 9.52. The van der Waals surface area contributed by atoms with Crippen LogP contribution in [0, 0.1) is 34.5 Å². The number of fused-ring (bicyclic) bond motifs is 3. The van der Waals surface area contributed by atoms with Crippen molar-refractivity contribution in [1.82, 2.24) is 0 Å². The van der Waals surface area contributed by atoms with Crippen LogP contribution in [0.5, 0.6) is 5.75 Å². The molecular formula is C24H26O3. The molecular weight excluding hydrogens is 336 g/mol. The second kappa shape index (κ2) is 4.74. The third kappa shape index (κ3) is 1.52. The number of carbonyl (C=O) groups excluding carboxylic acids is 2. The first-order chi connectivity index (χ1) is 13.0. The van der Waals surface area contributed by atoms with Crippen LogP contribution in [0.15, 0.2) is 36.4 Å². The molecule has 5 aliphatic rings. The molecule has 0 unspecified atom stereocenters. The summed E-state index contributed by atoms with van der Waals surface area (Å²) in [6, 6.07) is 8.29. The predicted molar refractivity (Wildman–Crippen MR) is 101 cm³/mol. The van der Waals surface area contributed by atoms with Gasteiger partial charge in [-0.2, -0.15) is 0 Å². The number of ether oxygens (including phenoxy) is 1. The maximum absolute atomic E-state index is 13.6. The number of methoxy groups -OCH3 is 1. The molecule has 3 nitrogen and oxygen atoms in total. The van der Waals surface area contributed by atoms with E-state index < -0.39 is 0 Å². The highest BCUT2D eigenvalue weighted by molar-refractivity contribution is 6.06. The zero-order valence-corrected chi connectivity index (χ0v) is 16.0. The van der Waals surface area contributed by atoms with Crippen molar-refractivity contribution in [2.24, 2.45) is 34.5 Å².